The molecule has 0 aliphatic rings. The molecule has 3 aromatic carbocycles. The van der Waals surface area contributed by atoms with Crippen molar-refractivity contribution in [2.75, 3.05) is 26.4 Å². The Hall–Kier alpha value is -3.65. The molecule has 0 saturated heterocycles. The molecule has 210 valence electrons. The molecule has 0 bridgehead atoms. The molecule has 0 aliphatic heterocycles. The van der Waals surface area contributed by atoms with Crippen LogP contribution in [-0.4, -0.2) is 65.3 Å². The quantitative estimate of drug-likeness (QED) is 0.175. The van der Waals surface area contributed by atoms with Gasteiger partial charge in [-0.2, -0.15) is 0 Å². The Morgan fingerprint density at radius 1 is 0.600 bits per heavy atom. The molecular weight excluding hydrogens is 603 g/mol. The number of carbonyl (C=O) groups excluding carboxylic acids is 4. The molecule has 3 rings (SSSR count). The molecule has 0 heterocycles. The molecule has 10 heteroatoms. The summed E-state index contributed by atoms with van der Waals surface area (Å²) in [6.45, 7) is 6.33. The van der Waals surface area contributed by atoms with Gasteiger partial charge in [0.2, 0.25) is 0 Å². The van der Waals surface area contributed by atoms with Crippen LogP contribution in [0.15, 0.2) is 54.6 Å². The fraction of sp³-hybridized carbons (Fsp3) is 0.267. The SMILES string of the molecule is CCOC(=O)c1c([Se]c2ccccc2)c(-c2ccc(Cl)cc2)c(C(=O)OCC)c(C(=O)OCC)c1C(=O)OCC. The van der Waals surface area contributed by atoms with Crippen LogP contribution in [0.25, 0.3) is 11.1 Å². The summed E-state index contributed by atoms with van der Waals surface area (Å²) < 4.78 is 22.6. The van der Waals surface area contributed by atoms with E-state index in [0.29, 0.717) is 15.0 Å². The van der Waals surface area contributed by atoms with Gasteiger partial charge in [0.25, 0.3) is 0 Å². The Morgan fingerprint density at radius 2 is 1.02 bits per heavy atom. The minimum absolute atomic E-state index is 0.00349. The topological polar surface area (TPSA) is 105 Å². The molecule has 0 amide bonds. The van der Waals surface area contributed by atoms with Crippen LogP contribution in [-0.2, 0) is 18.9 Å². The summed E-state index contributed by atoms with van der Waals surface area (Å²) in [5, 5.41) is 0.441. The first kappa shape index (κ1) is 30.9. The number of hydrogen-bond acceptors (Lipinski definition) is 8. The number of carbonyl (C=O) groups is 4. The molecule has 3 aromatic rings. The predicted octanol–water partition coefficient (Wildman–Crippen LogP) is 4.37. The molecule has 40 heavy (non-hydrogen) atoms. The van der Waals surface area contributed by atoms with Crippen molar-refractivity contribution >= 4 is 59.4 Å². The molecule has 0 radical (unpaired) electrons. The average Bonchev–Trinajstić information content (AvgIpc) is 2.93. The van der Waals surface area contributed by atoms with E-state index in [1.807, 2.05) is 30.3 Å². The van der Waals surface area contributed by atoms with Gasteiger partial charge < -0.3 is 0 Å². The monoisotopic (exact) mass is 632 g/mol. The first-order chi connectivity index (χ1) is 19.3. The molecule has 0 N–H and O–H groups in total. The normalized spacial score (nSPS) is 10.5. The van der Waals surface area contributed by atoms with Gasteiger partial charge in [-0.3, -0.25) is 0 Å². The summed E-state index contributed by atoms with van der Waals surface area (Å²) in [4.78, 5) is 54.4. The van der Waals surface area contributed by atoms with E-state index in [0.717, 1.165) is 4.46 Å². The Labute approximate surface area is 244 Å². The van der Waals surface area contributed by atoms with E-state index in [4.69, 9.17) is 30.5 Å². The van der Waals surface area contributed by atoms with Crippen LogP contribution in [0, 0.1) is 0 Å². The predicted molar refractivity (Wildman–Crippen MR) is 152 cm³/mol. The standard InChI is InChI=1S/C30H29ClO8Se/c1-5-36-27(32)22-21(18-14-16-19(31)17-15-18)26(40-20-12-10-9-11-13-20)25(30(35)39-8-4)24(29(34)38-7-3)23(22)28(33)37-6-2/h9-17H,5-8H2,1-4H3. The van der Waals surface area contributed by atoms with Gasteiger partial charge >= 0.3 is 245 Å². The van der Waals surface area contributed by atoms with Crippen molar-refractivity contribution in [2.45, 2.75) is 27.7 Å². The van der Waals surface area contributed by atoms with Gasteiger partial charge in [0.05, 0.1) is 0 Å². The second-order valence-electron chi connectivity index (χ2n) is 8.01. The maximum absolute atomic E-state index is 13.7. The molecule has 0 atom stereocenters. The molecule has 0 fully saturated rings. The van der Waals surface area contributed by atoms with Crippen LogP contribution in [0.1, 0.15) is 69.1 Å². The fourth-order valence-electron chi connectivity index (χ4n) is 3.95. The minimum atomic E-state index is -0.979. The summed E-state index contributed by atoms with van der Waals surface area (Å²) in [7, 11) is 0. The zero-order valence-corrected chi connectivity index (χ0v) is 25.0. The number of ether oxygens (including phenoxy) is 4. The van der Waals surface area contributed by atoms with Gasteiger partial charge in [0, 0.05) is 0 Å². The van der Waals surface area contributed by atoms with E-state index in [9.17, 15) is 19.2 Å². The van der Waals surface area contributed by atoms with Gasteiger partial charge in [-0.15, -0.1) is 0 Å². The van der Waals surface area contributed by atoms with Crippen molar-refractivity contribution in [3.05, 3.63) is 81.9 Å². The number of halogens is 1. The van der Waals surface area contributed by atoms with Crippen molar-refractivity contribution in [3.8, 4) is 11.1 Å². The Bertz CT molecular complexity index is 1390. The number of rotatable bonds is 11. The van der Waals surface area contributed by atoms with Gasteiger partial charge in [0.1, 0.15) is 0 Å². The Morgan fingerprint density at radius 3 is 1.50 bits per heavy atom. The summed E-state index contributed by atoms with van der Waals surface area (Å²) in [5.41, 5.74) is -0.451. The zero-order valence-electron chi connectivity index (χ0n) is 22.6. The van der Waals surface area contributed by atoms with E-state index >= 15 is 0 Å². The van der Waals surface area contributed by atoms with Crippen LogP contribution in [0.5, 0.6) is 0 Å². The summed E-state index contributed by atoms with van der Waals surface area (Å²) in [6, 6.07) is 15.9. The zero-order chi connectivity index (χ0) is 29.2. The molecule has 0 unspecified atom stereocenters. The Kier molecular flexibility index (Phi) is 11.3. The van der Waals surface area contributed by atoms with E-state index < -0.39 is 50.0 Å². The number of benzene rings is 3. The van der Waals surface area contributed by atoms with Crippen LogP contribution in [0.4, 0.5) is 0 Å². The average molecular weight is 632 g/mol. The van der Waals surface area contributed by atoms with E-state index in [1.54, 1.807) is 52.0 Å². The molecule has 0 aromatic heterocycles. The third-order valence-electron chi connectivity index (χ3n) is 5.47. The molecule has 8 nitrogen and oxygen atoms in total. The Balaban J connectivity index is 2.66. The number of hydrogen-bond donors (Lipinski definition) is 0. The van der Waals surface area contributed by atoms with Crippen LogP contribution >= 0.6 is 11.6 Å². The summed E-state index contributed by atoms with van der Waals surface area (Å²) >= 11 is 5.51. The first-order valence-corrected chi connectivity index (χ1v) is 14.8. The third-order valence-corrected chi connectivity index (χ3v) is 8.07. The van der Waals surface area contributed by atoms with Crippen molar-refractivity contribution < 1.29 is 38.1 Å². The molecule has 0 spiro atoms. The van der Waals surface area contributed by atoms with E-state index in [2.05, 4.69) is 0 Å². The molecule has 0 saturated carbocycles. The number of esters is 4. The van der Waals surface area contributed by atoms with Crippen LogP contribution in [0.3, 0.4) is 0 Å². The molecule has 0 aliphatic carbocycles. The van der Waals surface area contributed by atoms with Gasteiger partial charge in [-0.1, -0.05) is 0 Å². The molecular formula is C30H29ClO8Se. The van der Waals surface area contributed by atoms with Crippen LogP contribution < -0.4 is 8.92 Å². The van der Waals surface area contributed by atoms with E-state index in [-0.39, 0.29) is 43.1 Å². The van der Waals surface area contributed by atoms with Crippen molar-refractivity contribution in [3.63, 3.8) is 0 Å². The fourth-order valence-corrected chi connectivity index (χ4v) is 6.46. The van der Waals surface area contributed by atoms with Crippen LogP contribution in [0.2, 0.25) is 5.02 Å². The first-order valence-electron chi connectivity index (χ1n) is 12.7. The second-order valence-corrected chi connectivity index (χ2v) is 10.7. The van der Waals surface area contributed by atoms with Crippen molar-refractivity contribution in [1.29, 1.82) is 0 Å². The summed E-state index contributed by atoms with van der Waals surface area (Å²) in [5.74, 6) is -3.64. The van der Waals surface area contributed by atoms with Gasteiger partial charge in [-0.25, -0.2) is 0 Å². The third kappa shape index (κ3) is 6.91. The second kappa shape index (κ2) is 14.7. The van der Waals surface area contributed by atoms with Crippen molar-refractivity contribution in [1.82, 2.24) is 0 Å². The van der Waals surface area contributed by atoms with Gasteiger partial charge in [-0.05, 0) is 0 Å². The van der Waals surface area contributed by atoms with Crippen molar-refractivity contribution in [2.24, 2.45) is 0 Å². The van der Waals surface area contributed by atoms with E-state index in [1.165, 1.54) is 0 Å². The maximum atomic E-state index is 13.7. The van der Waals surface area contributed by atoms with Gasteiger partial charge in [0.15, 0.2) is 0 Å². The summed E-state index contributed by atoms with van der Waals surface area (Å²) in [6.07, 6.45) is 0.